The second-order valence-corrected chi connectivity index (χ2v) is 6.80. The van der Waals surface area contributed by atoms with E-state index in [1.807, 2.05) is 41.2 Å². The maximum Gasteiger partial charge on any atom is 0.416 e. The SMILES string of the molecule is O=C(c1ccc(-n2cccc2)cc1)N1CC[C@H](Oc2cc(C(F)(F)F)ccn2)C1. The molecule has 29 heavy (non-hydrogen) atoms. The predicted octanol–water partition coefficient (Wildman–Crippen LogP) is 4.18. The molecule has 0 N–H and O–H groups in total. The Kier molecular flexibility index (Phi) is 5.00. The molecular formula is C21H18F3N3O2. The van der Waals surface area contributed by atoms with Crippen LogP contribution in [0.25, 0.3) is 5.69 Å². The van der Waals surface area contributed by atoms with Crippen LogP contribution in [0.15, 0.2) is 67.1 Å². The first-order valence-corrected chi connectivity index (χ1v) is 9.13. The van der Waals surface area contributed by atoms with E-state index in [0.29, 0.717) is 25.1 Å². The second-order valence-electron chi connectivity index (χ2n) is 6.80. The van der Waals surface area contributed by atoms with E-state index in [2.05, 4.69) is 4.98 Å². The molecule has 3 heterocycles. The first-order valence-electron chi connectivity index (χ1n) is 9.13. The van der Waals surface area contributed by atoms with Crippen LogP contribution >= 0.6 is 0 Å². The van der Waals surface area contributed by atoms with Crippen molar-refractivity contribution in [1.29, 1.82) is 0 Å². The number of likely N-dealkylation sites (tertiary alicyclic amines) is 1. The summed E-state index contributed by atoms with van der Waals surface area (Å²) in [4.78, 5) is 18.2. The minimum atomic E-state index is -4.45. The van der Waals surface area contributed by atoms with Gasteiger partial charge >= 0.3 is 6.18 Å². The number of aromatic nitrogens is 2. The van der Waals surface area contributed by atoms with Crippen LogP contribution < -0.4 is 4.74 Å². The number of carbonyl (C=O) groups excluding carboxylic acids is 1. The number of carbonyl (C=O) groups is 1. The zero-order valence-electron chi connectivity index (χ0n) is 15.3. The molecule has 1 saturated heterocycles. The number of ether oxygens (including phenoxy) is 1. The Hall–Kier alpha value is -3.29. The highest BCUT2D eigenvalue weighted by atomic mass is 19.4. The van der Waals surface area contributed by atoms with Crippen molar-refractivity contribution in [1.82, 2.24) is 14.5 Å². The molecule has 2 aromatic heterocycles. The maximum atomic E-state index is 12.8. The number of amides is 1. The third kappa shape index (κ3) is 4.26. The normalized spacial score (nSPS) is 16.8. The fraction of sp³-hybridized carbons (Fsp3) is 0.238. The maximum absolute atomic E-state index is 12.8. The Morgan fingerprint density at radius 3 is 2.52 bits per heavy atom. The van der Waals surface area contributed by atoms with Crippen LogP contribution in [0.3, 0.4) is 0 Å². The van der Waals surface area contributed by atoms with Crippen molar-refractivity contribution >= 4 is 5.91 Å². The lowest BCUT2D eigenvalue weighted by atomic mass is 10.2. The van der Waals surface area contributed by atoms with Gasteiger partial charge in [0.1, 0.15) is 6.10 Å². The Labute approximate surface area is 165 Å². The van der Waals surface area contributed by atoms with Gasteiger partial charge in [0.15, 0.2) is 0 Å². The molecule has 0 saturated carbocycles. The van der Waals surface area contributed by atoms with E-state index in [1.54, 1.807) is 17.0 Å². The van der Waals surface area contributed by atoms with Gasteiger partial charge in [-0.1, -0.05) is 0 Å². The minimum absolute atomic E-state index is 0.0878. The molecule has 3 aromatic rings. The van der Waals surface area contributed by atoms with E-state index in [1.165, 1.54) is 0 Å². The van der Waals surface area contributed by atoms with Crippen LogP contribution in [-0.2, 0) is 6.18 Å². The van der Waals surface area contributed by atoms with Crippen molar-refractivity contribution in [2.75, 3.05) is 13.1 Å². The number of nitrogens with zero attached hydrogens (tertiary/aromatic N) is 3. The van der Waals surface area contributed by atoms with Gasteiger partial charge in [-0.05, 0) is 42.5 Å². The Morgan fingerprint density at radius 1 is 1.10 bits per heavy atom. The molecule has 0 radical (unpaired) electrons. The van der Waals surface area contributed by atoms with Crippen LogP contribution in [0, 0.1) is 0 Å². The summed E-state index contributed by atoms with van der Waals surface area (Å²) in [6.07, 6.45) is 0.593. The number of pyridine rings is 1. The largest absolute Gasteiger partial charge is 0.472 e. The molecule has 150 valence electrons. The van der Waals surface area contributed by atoms with Crippen molar-refractivity contribution in [3.8, 4) is 11.6 Å². The number of halogens is 3. The quantitative estimate of drug-likeness (QED) is 0.659. The van der Waals surface area contributed by atoms with Crippen molar-refractivity contribution in [3.63, 3.8) is 0 Å². The fourth-order valence-electron chi connectivity index (χ4n) is 3.30. The predicted molar refractivity (Wildman–Crippen MR) is 99.9 cm³/mol. The first kappa shape index (κ1) is 19.0. The van der Waals surface area contributed by atoms with Gasteiger partial charge in [-0.25, -0.2) is 4.98 Å². The number of alkyl halides is 3. The van der Waals surface area contributed by atoms with E-state index in [9.17, 15) is 18.0 Å². The average molecular weight is 401 g/mol. The highest BCUT2D eigenvalue weighted by Gasteiger charge is 2.32. The number of hydrogen-bond donors (Lipinski definition) is 0. The lowest BCUT2D eigenvalue weighted by molar-refractivity contribution is -0.137. The lowest BCUT2D eigenvalue weighted by Crippen LogP contribution is -2.31. The first-order chi connectivity index (χ1) is 13.9. The Balaban J connectivity index is 1.39. The van der Waals surface area contributed by atoms with Gasteiger partial charge in [-0.2, -0.15) is 13.2 Å². The summed E-state index contributed by atoms with van der Waals surface area (Å²) in [7, 11) is 0. The van der Waals surface area contributed by atoms with E-state index in [4.69, 9.17) is 4.74 Å². The molecule has 1 aliphatic heterocycles. The van der Waals surface area contributed by atoms with Crippen LogP contribution in [-0.4, -0.2) is 39.6 Å². The molecule has 0 unspecified atom stereocenters. The fourth-order valence-corrected chi connectivity index (χ4v) is 3.30. The van der Waals surface area contributed by atoms with E-state index < -0.39 is 17.8 Å². The van der Waals surface area contributed by atoms with Gasteiger partial charge in [-0.3, -0.25) is 4.79 Å². The summed E-state index contributed by atoms with van der Waals surface area (Å²) in [6, 6.07) is 12.9. The molecule has 0 spiro atoms. The van der Waals surface area contributed by atoms with Crippen molar-refractivity contribution in [2.45, 2.75) is 18.7 Å². The smallest absolute Gasteiger partial charge is 0.416 e. The summed E-state index contributed by atoms with van der Waals surface area (Å²) >= 11 is 0. The molecule has 4 rings (SSSR count). The average Bonchev–Trinajstić information content (AvgIpc) is 3.39. The van der Waals surface area contributed by atoms with Crippen molar-refractivity contribution in [2.24, 2.45) is 0 Å². The van der Waals surface area contributed by atoms with Gasteiger partial charge in [0.2, 0.25) is 5.88 Å². The molecular weight excluding hydrogens is 383 g/mol. The molecule has 1 fully saturated rings. The standard InChI is InChI=1S/C21H18F3N3O2/c22-21(23,24)16-7-9-25-19(13-16)29-18-8-12-27(14-18)20(28)15-3-5-17(6-4-15)26-10-1-2-11-26/h1-7,9-11,13,18H,8,12,14H2/t18-/m0/s1. The van der Waals surface area contributed by atoms with Gasteiger partial charge in [0.05, 0.1) is 12.1 Å². The number of hydrogen-bond acceptors (Lipinski definition) is 3. The summed E-state index contributed by atoms with van der Waals surface area (Å²) in [5, 5.41) is 0. The molecule has 1 atom stereocenters. The van der Waals surface area contributed by atoms with Crippen LogP contribution in [0.5, 0.6) is 5.88 Å². The Bertz CT molecular complexity index is 985. The molecule has 0 bridgehead atoms. The molecule has 5 nitrogen and oxygen atoms in total. The molecule has 1 amide bonds. The molecule has 8 heteroatoms. The number of benzene rings is 1. The van der Waals surface area contributed by atoms with Gasteiger partial charge in [0.25, 0.3) is 5.91 Å². The van der Waals surface area contributed by atoms with Crippen molar-refractivity contribution < 1.29 is 22.7 Å². The number of rotatable bonds is 4. The highest BCUT2D eigenvalue weighted by Crippen LogP contribution is 2.31. The summed E-state index contributed by atoms with van der Waals surface area (Å²) in [6.45, 7) is 0.776. The lowest BCUT2D eigenvalue weighted by Gasteiger charge is -2.17. The topological polar surface area (TPSA) is 47.4 Å². The zero-order valence-corrected chi connectivity index (χ0v) is 15.3. The van der Waals surface area contributed by atoms with Crippen LogP contribution in [0.2, 0.25) is 0 Å². The Morgan fingerprint density at radius 2 is 1.83 bits per heavy atom. The molecule has 0 aliphatic carbocycles. The van der Waals surface area contributed by atoms with Gasteiger partial charge in [-0.15, -0.1) is 0 Å². The van der Waals surface area contributed by atoms with E-state index in [0.717, 1.165) is 24.0 Å². The summed E-state index contributed by atoms with van der Waals surface area (Å²) in [5.74, 6) is -0.220. The zero-order chi connectivity index (χ0) is 20.4. The van der Waals surface area contributed by atoms with Crippen molar-refractivity contribution in [3.05, 3.63) is 78.2 Å². The monoisotopic (exact) mass is 401 g/mol. The third-order valence-corrected chi connectivity index (χ3v) is 4.80. The van der Waals surface area contributed by atoms with Gasteiger partial charge < -0.3 is 14.2 Å². The molecule has 1 aromatic carbocycles. The van der Waals surface area contributed by atoms with Crippen LogP contribution in [0.4, 0.5) is 13.2 Å². The summed E-state index contributed by atoms with van der Waals surface area (Å²) in [5.41, 5.74) is 0.694. The van der Waals surface area contributed by atoms with E-state index >= 15 is 0 Å². The second kappa shape index (κ2) is 7.62. The van der Waals surface area contributed by atoms with Gasteiger partial charge in [0, 0.05) is 48.9 Å². The summed E-state index contributed by atoms with van der Waals surface area (Å²) < 4.78 is 46.0. The highest BCUT2D eigenvalue weighted by molar-refractivity contribution is 5.94. The third-order valence-electron chi connectivity index (χ3n) is 4.80. The minimum Gasteiger partial charge on any atom is -0.472 e. The van der Waals surface area contributed by atoms with Crippen LogP contribution in [0.1, 0.15) is 22.3 Å². The van der Waals surface area contributed by atoms with E-state index in [-0.39, 0.29) is 11.8 Å². The molecule has 1 aliphatic rings.